The van der Waals surface area contributed by atoms with Crippen LogP contribution < -0.4 is 0 Å². The number of hydrogen-bond acceptors (Lipinski definition) is 1. The molecule has 1 N–H and O–H groups in total. The minimum absolute atomic E-state index is 0.456. The molecule has 0 bridgehead atoms. The summed E-state index contributed by atoms with van der Waals surface area (Å²) in [5, 5.41) is 10.6. The summed E-state index contributed by atoms with van der Waals surface area (Å²) in [6, 6.07) is 10.5. The van der Waals surface area contributed by atoms with Gasteiger partial charge in [-0.05, 0) is 31.2 Å². The Morgan fingerprint density at radius 3 is 2.21 bits per heavy atom. The van der Waals surface area contributed by atoms with Gasteiger partial charge in [0.2, 0.25) is 0 Å². The van der Waals surface area contributed by atoms with Gasteiger partial charge in [-0.2, -0.15) is 0 Å². The maximum atomic E-state index is 10.6. The number of unbranched alkanes of at least 4 members (excludes halogenated alkanes) is 4. The zero-order chi connectivity index (χ0) is 14.0. The highest BCUT2D eigenvalue weighted by Gasteiger charge is 2.23. The maximum absolute atomic E-state index is 10.6. The van der Waals surface area contributed by atoms with Crippen molar-refractivity contribution >= 4 is 0 Å². The summed E-state index contributed by atoms with van der Waals surface area (Å²) in [4.78, 5) is 0. The third kappa shape index (κ3) is 6.77. The summed E-state index contributed by atoms with van der Waals surface area (Å²) in [5.74, 6) is 0. The third-order valence-electron chi connectivity index (χ3n) is 4.13. The monoisotopic (exact) mass is 262 g/mol. The van der Waals surface area contributed by atoms with E-state index in [0.717, 1.165) is 25.7 Å². The van der Waals surface area contributed by atoms with E-state index in [0.29, 0.717) is 0 Å². The molecule has 0 aliphatic rings. The zero-order valence-corrected chi connectivity index (χ0v) is 12.7. The summed E-state index contributed by atoms with van der Waals surface area (Å²) in [5.41, 5.74) is 0.877. The fourth-order valence-electron chi connectivity index (χ4n) is 2.56. The largest absolute Gasteiger partial charge is 0.390 e. The van der Waals surface area contributed by atoms with E-state index in [1.807, 2.05) is 6.07 Å². The summed E-state index contributed by atoms with van der Waals surface area (Å²) in [7, 11) is 0. The van der Waals surface area contributed by atoms with E-state index in [9.17, 15) is 5.11 Å². The van der Waals surface area contributed by atoms with Crippen molar-refractivity contribution in [2.24, 2.45) is 0 Å². The molecule has 1 aromatic rings. The van der Waals surface area contributed by atoms with E-state index in [-0.39, 0.29) is 0 Å². The molecule has 0 saturated heterocycles. The molecular formula is C18H30O. The van der Waals surface area contributed by atoms with Crippen LogP contribution in [0.15, 0.2) is 30.3 Å². The van der Waals surface area contributed by atoms with Crippen LogP contribution in [0.25, 0.3) is 0 Å². The van der Waals surface area contributed by atoms with Crippen LogP contribution in [0.4, 0.5) is 0 Å². The van der Waals surface area contributed by atoms with Crippen LogP contribution in [-0.2, 0) is 6.42 Å². The third-order valence-corrected chi connectivity index (χ3v) is 4.13. The molecule has 1 rings (SSSR count). The fraction of sp³-hybridized carbons (Fsp3) is 0.667. The number of benzene rings is 1. The smallest absolute Gasteiger partial charge is 0.0648 e. The molecule has 0 amide bonds. The lowest BCUT2D eigenvalue weighted by atomic mass is 9.87. The van der Waals surface area contributed by atoms with Crippen LogP contribution in [-0.4, -0.2) is 10.7 Å². The predicted octanol–water partition coefficient (Wildman–Crippen LogP) is 5.12. The molecule has 1 aromatic carbocycles. The first-order valence-electron chi connectivity index (χ1n) is 7.96. The molecule has 19 heavy (non-hydrogen) atoms. The minimum atomic E-state index is -0.456. The van der Waals surface area contributed by atoms with E-state index in [2.05, 4.69) is 38.1 Å². The van der Waals surface area contributed by atoms with Crippen molar-refractivity contribution in [3.05, 3.63) is 35.9 Å². The first-order chi connectivity index (χ1) is 9.20. The van der Waals surface area contributed by atoms with Gasteiger partial charge in [0.25, 0.3) is 0 Å². The Balaban J connectivity index is 2.29. The molecule has 0 heterocycles. The Morgan fingerprint density at radius 2 is 1.58 bits per heavy atom. The van der Waals surface area contributed by atoms with Gasteiger partial charge in [-0.3, -0.25) is 0 Å². The van der Waals surface area contributed by atoms with Crippen LogP contribution in [0, 0.1) is 0 Å². The average Bonchev–Trinajstić information content (AvgIpc) is 2.46. The summed E-state index contributed by atoms with van der Waals surface area (Å²) in [6.45, 7) is 4.35. The van der Waals surface area contributed by atoms with Gasteiger partial charge in [0.05, 0.1) is 5.60 Å². The topological polar surface area (TPSA) is 20.2 Å². The molecule has 0 aromatic heterocycles. The number of hydrogen-bond donors (Lipinski definition) is 1. The molecule has 1 atom stereocenters. The Hall–Kier alpha value is -0.820. The second-order valence-corrected chi connectivity index (χ2v) is 5.73. The SMILES string of the molecule is CCCCCCCC(O)(CC)CCc1ccccc1. The second-order valence-electron chi connectivity index (χ2n) is 5.73. The second kappa shape index (κ2) is 9.14. The Labute approximate surface area is 119 Å². The molecule has 0 saturated carbocycles. The molecule has 0 aliphatic carbocycles. The highest BCUT2D eigenvalue weighted by atomic mass is 16.3. The zero-order valence-electron chi connectivity index (χ0n) is 12.7. The first-order valence-corrected chi connectivity index (χ1v) is 7.96. The maximum Gasteiger partial charge on any atom is 0.0648 e. The van der Waals surface area contributed by atoms with Crippen LogP contribution >= 0.6 is 0 Å². The molecule has 1 unspecified atom stereocenters. The van der Waals surface area contributed by atoms with Gasteiger partial charge in [-0.1, -0.05) is 76.3 Å². The van der Waals surface area contributed by atoms with Gasteiger partial charge in [0, 0.05) is 0 Å². The lowest BCUT2D eigenvalue weighted by molar-refractivity contribution is 0.0167. The molecule has 0 fully saturated rings. The Bertz CT molecular complexity index is 320. The lowest BCUT2D eigenvalue weighted by Gasteiger charge is -2.27. The van der Waals surface area contributed by atoms with Crippen LogP contribution in [0.5, 0.6) is 0 Å². The van der Waals surface area contributed by atoms with Crippen molar-refractivity contribution in [3.8, 4) is 0 Å². The van der Waals surface area contributed by atoms with E-state index >= 15 is 0 Å². The Kier molecular flexibility index (Phi) is 7.81. The van der Waals surface area contributed by atoms with Crippen LogP contribution in [0.1, 0.15) is 70.8 Å². The van der Waals surface area contributed by atoms with Gasteiger partial charge in [-0.25, -0.2) is 0 Å². The normalized spacial score (nSPS) is 14.3. The Morgan fingerprint density at radius 1 is 0.895 bits per heavy atom. The average molecular weight is 262 g/mol. The number of rotatable bonds is 10. The van der Waals surface area contributed by atoms with Gasteiger partial charge in [0.1, 0.15) is 0 Å². The van der Waals surface area contributed by atoms with E-state index in [1.165, 1.54) is 37.7 Å². The van der Waals surface area contributed by atoms with E-state index in [1.54, 1.807) is 0 Å². The van der Waals surface area contributed by atoms with E-state index < -0.39 is 5.60 Å². The van der Waals surface area contributed by atoms with Crippen molar-refractivity contribution in [1.82, 2.24) is 0 Å². The first kappa shape index (κ1) is 16.2. The van der Waals surface area contributed by atoms with Crippen molar-refractivity contribution in [1.29, 1.82) is 0 Å². The van der Waals surface area contributed by atoms with Crippen molar-refractivity contribution in [2.45, 2.75) is 77.2 Å². The van der Waals surface area contributed by atoms with Gasteiger partial charge in [-0.15, -0.1) is 0 Å². The molecule has 0 aliphatic heterocycles. The summed E-state index contributed by atoms with van der Waals surface area (Å²) in [6.07, 6.45) is 10.1. The lowest BCUT2D eigenvalue weighted by Crippen LogP contribution is -2.28. The molecule has 108 valence electrons. The molecule has 1 nitrogen and oxygen atoms in total. The standard InChI is InChI=1S/C18H30O/c1-3-5-6-7-11-15-18(19,4-2)16-14-17-12-9-8-10-13-17/h8-10,12-13,19H,3-7,11,14-16H2,1-2H3. The highest BCUT2D eigenvalue weighted by Crippen LogP contribution is 2.25. The van der Waals surface area contributed by atoms with Gasteiger partial charge < -0.3 is 5.11 Å². The quantitative estimate of drug-likeness (QED) is 0.580. The number of aliphatic hydroxyl groups is 1. The van der Waals surface area contributed by atoms with Crippen molar-refractivity contribution in [2.75, 3.05) is 0 Å². The van der Waals surface area contributed by atoms with Gasteiger partial charge >= 0.3 is 0 Å². The summed E-state index contributed by atoms with van der Waals surface area (Å²) >= 11 is 0. The molecule has 1 heteroatoms. The highest BCUT2D eigenvalue weighted by molar-refractivity contribution is 5.15. The molecule has 0 radical (unpaired) electrons. The van der Waals surface area contributed by atoms with Crippen molar-refractivity contribution in [3.63, 3.8) is 0 Å². The van der Waals surface area contributed by atoms with Crippen LogP contribution in [0.2, 0.25) is 0 Å². The fourth-order valence-corrected chi connectivity index (χ4v) is 2.56. The predicted molar refractivity (Wildman–Crippen MR) is 83.4 cm³/mol. The minimum Gasteiger partial charge on any atom is -0.390 e. The molecular weight excluding hydrogens is 232 g/mol. The van der Waals surface area contributed by atoms with Crippen molar-refractivity contribution < 1.29 is 5.11 Å². The molecule has 0 spiro atoms. The van der Waals surface area contributed by atoms with Crippen LogP contribution in [0.3, 0.4) is 0 Å². The summed E-state index contributed by atoms with van der Waals surface area (Å²) < 4.78 is 0. The van der Waals surface area contributed by atoms with Gasteiger partial charge in [0.15, 0.2) is 0 Å². The number of aryl methyl sites for hydroxylation is 1. The van der Waals surface area contributed by atoms with E-state index in [4.69, 9.17) is 0 Å².